The van der Waals surface area contributed by atoms with Crippen molar-refractivity contribution in [2.45, 2.75) is 0 Å². The van der Waals surface area contributed by atoms with Crippen LogP contribution in [0.3, 0.4) is 0 Å². The van der Waals surface area contributed by atoms with Crippen LogP contribution >= 0.6 is 15.9 Å². The number of nitrogens with zero attached hydrogens (tertiary/aromatic N) is 1. The first kappa shape index (κ1) is 14.3. The first-order chi connectivity index (χ1) is 9.40. The van der Waals surface area contributed by atoms with Crippen molar-refractivity contribution in [2.75, 3.05) is 0 Å². The highest BCUT2D eigenvalue weighted by molar-refractivity contribution is 9.10. The van der Waals surface area contributed by atoms with E-state index in [-0.39, 0.29) is 4.47 Å². The van der Waals surface area contributed by atoms with Crippen molar-refractivity contribution in [1.29, 1.82) is 0 Å². The third kappa shape index (κ3) is 2.74. The number of hydrogen-bond donors (Lipinski definition) is 1. The molecule has 0 amide bonds. The Morgan fingerprint density at radius 2 is 1.95 bits per heavy atom. The van der Waals surface area contributed by atoms with Gasteiger partial charge in [-0.05, 0) is 18.2 Å². The first-order valence-corrected chi connectivity index (χ1v) is 5.89. The summed E-state index contributed by atoms with van der Waals surface area (Å²) in [5, 5.41) is 8.73. The average Bonchev–Trinajstić information content (AvgIpc) is 2.37. The number of pyridine rings is 1. The maximum Gasteiger partial charge on any atom is 0.338 e. The van der Waals surface area contributed by atoms with Crippen molar-refractivity contribution in [3.63, 3.8) is 0 Å². The average molecular weight is 348 g/mol. The number of rotatable bonds is 3. The first-order valence-electron chi connectivity index (χ1n) is 5.10. The Balaban J connectivity index is 2.46. The number of benzene rings is 1. The lowest BCUT2D eigenvalue weighted by Crippen LogP contribution is -2.04. The highest BCUT2D eigenvalue weighted by atomic mass is 79.9. The smallest absolute Gasteiger partial charge is 0.338 e. The molecule has 2 aromatic rings. The second-order valence-electron chi connectivity index (χ2n) is 3.58. The summed E-state index contributed by atoms with van der Waals surface area (Å²) >= 11 is 2.92. The second kappa shape index (κ2) is 5.49. The molecule has 0 aliphatic carbocycles. The fraction of sp³-hybridized carbons (Fsp3) is 0. The molecule has 0 fully saturated rings. The molecule has 0 unspecified atom stereocenters. The molecule has 0 saturated heterocycles. The van der Waals surface area contributed by atoms with Gasteiger partial charge in [-0.25, -0.2) is 18.6 Å². The normalized spacial score (nSPS) is 10.4. The molecule has 20 heavy (non-hydrogen) atoms. The molecule has 0 aliphatic rings. The Labute approximate surface area is 119 Å². The Bertz CT molecular complexity index is 694. The molecule has 0 radical (unpaired) electrons. The SMILES string of the molecule is O=C(O)c1ccnc(Oc2cc(Br)cc(F)c2F)c1F. The summed E-state index contributed by atoms with van der Waals surface area (Å²) in [5.41, 5.74) is -0.689. The van der Waals surface area contributed by atoms with Crippen LogP contribution in [0.25, 0.3) is 0 Å². The Morgan fingerprint density at radius 3 is 2.60 bits per heavy atom. The number of hydrogen-bond acceptors (Lipinski definition) is 3. The summed E-state index contributed by atoms with van der Waals surface area (Å²) in [6, 6.07) is 2.84. The van der Waals surface area contributed by atoms with E-state index < -0.39 is 40.6 Å². The topological polar surface area (TPSA) is 59.4 Å². The van der Waals surface area contributed by atoms with Crippen molar-refractivity contribution < 1.29 is 27.8 Å². The number of carboxylic acids is 1. The molecule has 1 N–H and O–H groups in total. The van der Waals surface area contributed by atoms with E-state index in [0.29, 0.717) is 0 Å². The minimum Gasteiger partial charge on any atom is -0.478 e. The Hall–Kier alpha value is -2.09. The van der Waals surface area contributed by atoms with E-state index in [9.17, 15) is 18.0 Å². The summed E-state index contributed by atoms with van der Waals surface area (Å²) in [6.45, 7) is 0. The molecule has 8 heteroatoms. The molecule has 104 valence electrons. The molecule has 0 saturated carbocycles. The highest BCUT2D eigenvalue weighted by Crippen LogP contribution is 2.30. The van der Waals surface area contributed by atoms with Crippen molar-refractivity contribution in [2.24, 2.45) is 0 Å². The van der Waals surface area contributed by atoms with Gasteiger partial charge in [-0.3, -0.25) is 0 Å². The lowest BCUT2D eigenvalue weighted by atomic mass is 10.2. The lowest BCUT2D eigenvalue weighted by Gasteiger charge is -2.08. The maximum atomic E-state index is 13.7. The third-order valence-electron chi connectivity index (χ3n) is 2.25. The number of ether oxygens (including phenoxy) is 1. The van der Waals surface area contributed by atoms with Crippen molar-refractivity contribution in [1.82, 2.24) is 4.98 Å². The largest absolute Gasteiger partial charge is 0.478 e. The van der Waals surface area contributed by atoms with Crippen molar-refractivity contribution in [3.8, 4) is 11.6 Å². The molecule has 2 rings (SSSR count). The van der Waals surface area contributed by atoms with E-state index in [2.05, 4.69) is 20.9 Å². The van der Waals surface area contributed by atoms with Gasteiger partial charge in [0.1, 0.15) is 5.56 Å². The zero-order valence-electron chi connectivity index (χ0n) is 9.53. The summed E-state index contributed by atoms with van der Waals surface area (Å²) in [6.07, 6.45) is 0.980. The maximum absolute atomic E-state index is 13.7. The van der Waals surface area contributed by atoms with Crippen LogP contribution in [0.2, 0.25) is 0 Å². The van der Waals surface area contributed by atoms with Crippen LogP contribution in [0.1, 0.15) is 10.4 Å². The van der Waals surface area contributed by atoms with Crippen LogP contribution in [0, 0.1) is 17.5 Å². The molecule has 0 aliphatic heterocycles. The van der Waals surface area contributed by atoms with Crippen molar-refractivity contribution in [3.05, 3.63) is 51.9 Å². The van der Waals surface area contributed by atoms with Crippen LogP contribution in [0.4, 0.5) is 13.2 Å². The molecule has 0 spiro atoms. The summed E-state index contributed by atoms with van der Waals surface area (Å²) in [7, 11) is 0. The van der Waals surface area contributed by atoms with E-state index in [1.165, 1.54) is 0 Å². The standard InChI is InChI=1S/C12H5BrF3NO3/c13-5-3-7(14)10(16)8(4-5)20-11-9(15)6(12(18)19)1-2-17-11/h1-4H,(H,18,19). The Morgan fingerprint density at radius 1 is 1.25 bits per heavy atom. The predicted octanol–water partition coefficient (Wildman–Crippen LogP) is 3.75. The summed E-state index contributed by atoms with van der Waals surface area (Å²) < 4.78 is 45.3. The molecule has 4 nitrogen and oxygen atoms in total. The number of aromatic nitrogens is 1. The van der Waals surface area contributed by atoms with Gasteiger partial charge < -0.3 is 9.84 Å². The molecular formula is C12H5BrF3NO3. The van der Waals surface area contributed by atoms with Gasteiger partial charge in [-0.1, -0.05) is 15.9 Å². The predicted molar refractivity (Wildman–Crippen MR) is 65.3 cm³/mol. The minimum atomic E-state index is -1.53. The van der Waals surface area contributed by atoms with E-state index in [1.807, 2.05) is 0 Å². The molecule has 0 bridgehead atoms. The molecule has 1 aromatic heterocycles. The van der Waals surface area contributed by atoms with Crippen LogP contribution < -0.4 is 4.74 Å². The van der Waals surface area contributed by atoms with Gasteiger partial charge >= 0.3 is 5.97 Å². The van der Waals surface area contributed by atoms with Crippen LogP contribution in [-0.2, 0) is 0 Å². The molecule has 0 atom stereocenters. The molecular weight excluding hydrogens is 343 g/mol. The van der Waals surface area contributed by atoms with Gasteiger partial charge in [-0.15, -0.1) is 0 Å². The van der Waals surface area contributed by atoms with Gasteiger partial charge in [0.25, 0.3) is 5.88 Å². The highest BCUT2D eigenvalue weighted by Gasteiger charge is 2.19. The van der Waals surface area contributed by atoms with Gasteiger partial charge in [0.05, 0.1) is 0 Å². The summed E-state index contributed by atoms with van der Waals surface area (Å²) in [5.74, 6) is -6.73. The van der Waals surface area contributed by atoms with E-state index in [1.54, 1.807) is 0 Å². The van der Waals surface area contributed by atoms with Crippen LogP contribution in [0.15, 0.2) is 28.9 Å². The van der Waals surface area contributed by atoms with Crippen LogP contribution in [-0.4, -0.2) is 16.1 Å². The minimum absolute atomic E-state index is 0.168. The fourth-order valence-electron chi connectivity index (χ4n) is 1.37. The number of aromatic carboxylic acids is 1. The van der Waals surface area contributed by atoms with E-state index >= 15 is 0 Å². The quantitative estimate of drug-likeness (QED) is 0.859. The fourth-order valence-corrected chi connectivity index (χ4v) is 1.78. The van der Waals surface area contributed by atoms with Crippen LogP contribution in [0.5, 0.6) is 11.6 Å². The van der Waals surface area contributed by atoms with Crippen molar-refractivity contribution >= 4 is 21.9 Å². The number of carbonyl (C=O) groups is 1. The van der Waals surface area contributed by atoms with E-state index in [4.69, 9.17) is 9.84 Å². The zero-order chi connectivity index (χ0) is 14.9. The summed E-state index contributed by atoms with van der Waals surface area (Å²) in [4.78, 5) is 14.2. The zero-order valence-corrected chi connectivity index (χ0v) is 11.1. The van der Waals surface area contributed by atoms with Gasteiger partial charge in [0.15, 0.2) is 17.4 Å². The molecule has 1 aromatic carbocycles. The molecule has 1 heterocycles. The Kier molecular flexibility index (Phi) is 3.93. The lowest BCUT2D eigenvalue weighted by molar-refractivity contribution is 0.0690. The second-order valence-corrected chi connectivity index (χ2v) is 4.50. The number of halogens is 4. The van der Waals surface area contributed by atoms with Gasteiger partial charge in [0.2, 0.25) is 5.82 Å². The van der Waals surface area contributed by atoms with Gasteiger partial charge in [-0.2, -0.15) is 4.39 Å². The van der Waals surface area contributed by atoms with Gasteiger partial charge in [0, 0.05) is 10.7 Å². The monoisotopic (exact) mass is 347 g/mol. The number of carboxylic acid groups (broad SMARTS) is 1. The van der Waals surface area contributed by atoms with E-state index in [0.717, 1.165) is 24.4 Å². The third-order valence-corrected chi connectivity index (χ3v) is 2.71.